The normalized spacial score (nSPS) is 20.3. The number of hydrogen-bond donors (Lipinski definition) is 2. The van der Waals surface area contributed by atoms with Gasteiger partial charge in [0, 0.05) is 15.8 Å². The Hall–Kier alpha value is -1.89. The first kappa shape index (κ1) is 18.4. The summed E-state index contributed by atoms with van der Waals surface area (Å²) in [5.74, 6) is -0.774. The molecular weight excluding hydrogens is 328 g/mol. The number of amides is 3. The Morgan fingerprint density at radius 1 is 1.25 bits per heavy atom. The number of urea groups is 1. The molecule has 1 heterocycles. The molecule has 0 bridgehead atoms. The first-order valence-electron chi connectivity index (χ1n) is 8.21. The van der Waals surface area contributed by atoms with E-state index < -0.39 is 24.5 Å². The summed E-state index contributed by atoms with van der Waals surface area (Å²) in [5, 5.41) is 5.03. The van der Waals surface area contributed by atoms with Crippen LogP contribution in [0.25, 0.3) is 0 Å². The van der Waals surface area contributed by atoms with Crippen LogP contribution in [-0.2, 0) is 9.53 Å². The molecule has 1 aliphatic rings. The molecule has 3 amide bonds. The van der Waals surface area contributed by atoms with Crippen molar-refractivity contribution in [3.63, 3.8) is 0 Å². The molecule has 132 valence electrons. The zero-order valence-corrected chi connectivity index (χ0v) is 15.1. The lowest BCUT2D eigenvalue weighted by atomic mass is 9.86. The topological polar surface area (TPSA) is 84.5 Å². The van der Waals surface area contributed by atoms with Crippen molar-refractivity contribution in [3.8, 4) is 0 Å². The molecule has 0 aromatic carbocycles. The molecule has 1 aliphatic carbocycles. The van der Waals surface area contributed by atoms with E-state index in [-0.39, 0.29) is 6.04 Å². The number of esters is 1. The maximum Gasteiger partial charge on any atom is 0.339 e. The minimum atomic E-state index is -0.631. The van der Waals surface area contributed by atoms with Gasteiger partial charge in [-0.25, -0.2) is 9.59 Å². The lowest BCUT2D eigenvalue weighted by Gasteiger charge is -2.29. The van der Waals surface area contributed by atoms with Gasteiger partial charge in [-0.05, 0) is 38.7 Å². The highest BCUT2D eigenvalue weighted by Crippen LogP contribution is 2.23. The third-order valence-electron chi connectivity index (χ3n) is 4.28. The van der Waals surface area contributed by atoms with Crippen LogP contribution < -0.4 is 10.6 Å². The lowest BCUT2D eigenvalue weighted by Crippen LogP contribution is -2.48. The Bertz CT molecular complexity index is 626. The molecule has 2 rings (SSSR count). The molecule has 24 heavy (non-hydrogen) atoms. The van der Waals surface area contributed by atoms with Gasteiger partial charge in [-0.2, -0.15) is 0 Å². The Morgan fingerprint density at radius 3 is 2.58 bits per heavy atom. The third kappa shape index (κ3) is 5.06. The molecule has 2 N–H and O–H groups in total. The molecule has 0 spiro atoms. The van der Waals surface area contributed by atoms with Crippen LogP contribution in [0.5, 0.6) is 0 Å². The van der Waals surface area contributed by atoms with E-state index in [4.69, 9.17) is 4.74 Å². The number of thiophene rings is 1. The zero-order chi connectivity index (χ0) is 17.7. The first-order chi connectivity index (χ1) is 11.4. The molecule has 0 radical (unpaired) electrons. The predicted octanol–water partition coefficient (Wildman–Crippen LogP) is 2.93. The van der Waals surface area contributed by atoms with Gasteiger partial charge in [-0.15, -0.1) is 11.3 Å². The highest BCUT2D eigenvalue weighted by Gasteiger charge is 2.23. The van der Waals surface area contributed by atoms with Crippen LogP contribution in [0, 0.1) is 19.8 Å². The number of rotatable bonds is 4. The van der Waals surface area contributed by atoms with Gasteiger partial charge in [0.25, 0.3) is 5.91 Å². The van der Waals surface area contributed by atoms with Crippen molar-refractivity contribution in [2.24, 2.45) is 5.92 Å². The maximum absolute atomic E-state index is 11.9. The molecule has 0 saturated heterocycles. The van der Waals surface area contributed by atoms with E-state index >= 15 is 0 Å². The minimum absolute atomic E-state index is 0.0885. The molecule has 7 heteroatoms. The number of imide groups is 1. The third-order valence-corrected chi connectivity index (χ3v) is 5.24. The molecule has 0 unspecified atom stereocenters. The summed E-state index contributed by atoms with van der Waals surface area (Å²) in [5.41, 5.74) is 0.464. The van der Waals surface area contributed by atoms with E-state index in [1.807, 2.05) is 13.8 Å². The molecule has 2 atom stereocenters. The van der Waals surface area contributed by atoms with Gasteiger partial charge in [-0.3, -0.25) is 10.1 Å². The summed E-state index contributed by atoms with van der Waals surface area (Å²) in [6, 6.07) is 1.29. The van der Waals surface area contributed by atoms with Gasteiger partial charge in [0.15, 0.2) is 6.61 Å². The smallest absolute Gasteiger partial charge is 0.339 e. The molecule has 1 aromatic rings. The zero-order valence-electron chi connectivity index (χ0n) is 14.3. The molecule has 0 aliphatic heterocycles. The van der Waals surface area contributed by atoms with Crippen LogP contribution in [-0.4, -0.2) is 30.6 Å². The Kier molecular flexibility index (Phi) is 6.36. The summed E-state index contributed by atoms with van der Waals surface area (Å²) in [4.78, 5) is 37.4. The van der Waals surface area contributed by atoms with Gasteiger partial charge >= 0.3 is 12.0 Å². The Labute approximate surface area is 146 Å². The van der Waals surface area contributed by atoms with Crippen LogP contribution >= 0.6 is 11.3 Å². The average Bonchev–Trinajstić information content (AvgIpc) is 2.86. The largest absolute Gasteiger partial charge is 0.452 e. The van der Waals surface area contributed by atoms with Crippen molar-refractivity contribution >= 4 is 29.2 Å². The summed E-state index contributed by atoms with van der Waals surface area (Å²) in [7, 11) is 0. The van der Waals surface area contributed by atoms with E-state index in [9.17, 15) is 14.4 Å². The number of aryl methyl sites for hydroxylation is 2. The maximum atomic E-state index is 11.9. The van der Waals surface area contributed by atoms with Crippen molar-refractivity contribution in [3.05, 3.63) is 21.4 Å². The van der Waals surface area contributed by atoms with Crippen LogP contribution in [0.15, 0.2) is 6.07 Å². The molecule has 6 nitrogen and oxygen atoms in total. The molecule has 1 fully saturated rings. The van der Waals surface area contributed by atoms with Gasteiger partial charge in [-0.1, -0.05) is 19.8 Å². The van der Waals surface area contributed by atoms with Crippen LogP contribution in [0.4, 0.5) is 4.79 Å². The van der Waals surface area contributed by atoms with Gasteiger partial charge < -0.3 is 10.1 Å². The number of carbonyl (C=O) groups is 3. The Morgan fingerprint density at radius 2 is 1.96 bits per heavy atom. The van der Waals surface area contributed by atoms with Crippen molar-refractivity contribution in [2.45, 2.75) is 52.5 Å². The summed E-state index contributed by atoms with van der Waals surface area (Å²) in [6.45, 7) is 5.35. The predicted molar refractivity (Wildman–Crippen MR) is 92.2 cm³/mol. The van der Waals surface area contributed by atoms with Crippen LogP contribution in [0.2, 0.25) is 0 Å². The molecular formula is C17H24N2O4S. The van der Waals surface area contributed by atoms with Gasteiger partial charge in [0.1, 0.15) is 0 Å². The van der Waals surface area contributed by atoms with Gasteiger partial charge in [0.05, 0.1) is 5.56 Å². The lowest BCUT2D eigenvalue weighted by molar-refractivity contribution is -0.123. The number of nitrogens with one attached hydrogen (secondary N) is 2. The molecule has 1 aromatic heterocycles. The SMILES string of the molecule is Cc1cc(C(=O)OCC(=O)NC(=O)N[C@H]2CCCC[C@H]2C)c(C)s1. The quantitative estimate of drug-likeness (QED) is 0.816. The van der Waals surface area contributed by atoms with E-state index in [1.165, 1.54) is 17.8 Å². The fraction of sp³-hybridized carbons (Fsp3) is 0.588. The monoisotopic (exact) mass is 352 g/mol. The second-order valence-electron chi connectivity index (χ2n) is 6.29. The summed E-state index contributed by atoms with van der Waals surface area (Å²) >= 11 is 1.50. The van der Waals surface area contributed by atoms with Gasteiger partial charge in [0.2, 0.25) is 0 Å². The average molecular weight is 352 g/mol. The van der Waals surface area contributed by atoms with Crippen molar-refractivity contribution in [2.75, 3.05) is 6.61 Å². The van der Waals surface area contributed by atoms with Crippen LogP contribution in [0.3, 0.4) is 0 Å². The highest BCUT2D eigenvalue weighted by atomic mass is 32.1. The second-order valence-corrected chi connectivity index (χ2v) is 7.75. The first-order valence-corrected chi connectivity index (χ1v) is 9.03. The van der Waals surface area contributed by atoms with Crippen molar-refractivity contribution < 1.29 is 19.1 Å². The number of hydrogen-bond acceptors (Lipinski definition) is 5. The van der Waals surface area contributed by atoms with E-state index in [0.29, 0.717) is 11.5 Å². The fourth-order valence-electron chi connectivity index (χ4n) is 2.94. The number of ether oxygens (including phenoxy) is 1. The molecule has 1 saturated carbocycles. The number of carbonyl (C=O) groups excluding carboxylic acids is 3. The van der Waals surface area contributed by atoms with Crippen molar-refractivity contribution in [1.82, 2.24) is 10.6 Å². The van der Waals surface area contributed by atoms with E-state index in [2.05, 4.69) is 17.6 Å². The Balaban J connectivity index is 1.75. The van der Waals surface area contributed by atoms with E-state index in [1.54, 1.807) is 6.07 Å². The fourth-order valence-corrected chi connectivity index (χ4v) is 3.85. The van der Waals surface area contributed by atoms with E-state index in [0.717, 1.165) is 29.0 Å². The summed E-state index contributed by atoms with van der Waals surface area (Å²) < 4.78 is 4.97. The standard InChI is InChI=1S/C17H24N2O4S/c1-10-6-4-5-7-14(10)18-17(22)19-15(20)9-23-16(21)13-8-11(2)24-12(13)3/h8,10,14H,4-7,9H2,1-3H3,(H2,18,19,20,22)/t10-,14+/m1/s1. The minimum Gasteiger partial charge on any atom is -0.452 e. The van der Waals surface area contributed by atoms with Crippen molar-refractivity contribution in [1.29, 1.82) is 0 Å². The second kappa shape index (κ2) is 8.28. The summed E-state index contributed by atoms with van der Waals surface area (Å²) in [6.07, 6.45) is 4.27. The highest BCUT2D eigenvalue weighted by molar-refractivity contribution is 7.12. The van der Waals surface area contributed by atoms with Crippen LogP contribution in [0.1, 0.15) is 52.7 Å².